The van der Waals surface area contributed by atoms with E-state index >= 15 is 0 Å². The SMILES string of the molecule is CNC1CCCN(C(=O)CNC(=O)CC23CC4CC(CC(C4)C2)C3)C1. The van der Waals surface area contributed by atoms with Gasteiger partial charge in [-0.2, -0.15) is 0 Å². The van der Waals surface area contributed by atoms with E-state index in [1.54, 1.807) is 0 Å². The lowest BCUT2D eigenvalue weighted by atomic mass is 9.49. The van der Waals surface area contributed by atoms with Gasteiger partial charge < -0.3 is 15.5 Å². The van der Waals surface area contributed by atoms with Crippen molar-refractivity contribution in [3.05, 3.63) is 0 Å². The fraction of sp³-hybridized carbons (Fsp3) is 0.900. The molecule has 1 aliphatic heterocycles. The molecule has 1 unspecified atom stereocenters. The van der Waals surface area contributed by atoms with Crippen LogP contribution in [0.3, 0.4) is 0 Å². The third-order valence-corrected chi connectivity index (χ3v) is 7.32. The van der Waals surface area contributed by atoms with Crippen molar-refractivity contribution in [2.75, 3.05) is 26.7 Å². The topological polar surface area (TPSA) is 61.4 Å². The Morgan fingerprint density at radius 2 is 1.72 bits per heavy atom. The number of piperidine rings is 1. The summed E-state index contributed by atoms with van der Waals surface area (Å²) in [6.45, 7) is 1.75. The van der Waals surface area contributed by atoms with Crippen LogP contribution in [0.5, 0.6) is 0 Å². The molecule has 1 saturated heterocycles. The van der Waals surface area contributed by atoms with Crippen molar-refractivity contribution in [3.8, 4) is 0 Å². The van der Waals surface area contributed by atoms with E-state index < -0.39 is 0 Å². The van der Waals surface area contributed by atoms with Crippen LogP contribution in [0.1, 0.15) is 57.8 Å². The highest BCUT2D eigenvalue weighted by Gasteiger charge is 2.51. The molecule has 4 saturated carbocycles. The van der Waals surface area contributed by atoms with E-state index in [0.717, 1.165) is 43.7 Å². The zero-order valence-electron chi connectivity index (χ0n) is 15.6. The number of carbonyl (C=O) groups excluding carboxylic acids is 2. The van der Waals surface area contributed by atoms with Gasteiger partial charge in [-0.15, -0.1) is 0 Å². The van der Waals surface area contributed by atoms with Gasteiger partial charge in [0.25, 0.3) is 0 Å². The number of amides is 2. The number of rotatable bonds is 5. The molecule has 0 radical (unpaired) electrons. The first-order chi connectivity index (χ1) is 12.0. The van der Waals surface area contributed by atoms with Crippen LogP contribution < -0.4 is 10.6 Å². The van der Waals surface area contributed by atoms with Crippen LogP contribution in [0.25, 0.3) is 0 Å². The Labute approximate surface area is 151 Å². The van der Waals surface area contributed by atoms with Crippen molar-refractivity contribution in [3.63, 3.8) is 0 Å². The molecule has 5 nitrogen and oxygen atoms in total. The minimum Gasteiger partial charge on any atom is -0.347 e. The Bertz CT molecular complexity index is 498. The summed E-state index contributed by atoms with van der Waals surface area (Å²) in [6.07, 6.45) is 10.8. The molecule has 5 rings (SSSR count). The summed E-state index contributed by atoms with van der Waals surface area (Å²) in [5.41, 5.74) is 0.254. The molecule has 0 aromatic rings. The molecule has 5 fully saturated rings. The summed E-state index contributed by atoms with van der Waals surface area (Å²) in [6, 6.07) is 0.389. The third-order valence-electron chi connectivity index (χ3n) is 7.32. The average Bonchev–Trinajstić information content (AvgIpc) is 2.58. The fourth-order valence-corrected chi connectivity index (χ4v) is 6.63. The highest BCUT2D eigenvalue weighted by atomic mass is 16.2. The van der Waals surface area contributed by atoms with Crippen LogP contribution in [-0.4, -0.2) is 49.4 Å². The van der Waals surface area contributed by atoms with Crippen molar-refractivity contribution in [1.29, 1.82) is 0 Å². The van der Waals surface area contributed by atoms with Crippen LogP contribution in [-0.2, 0) is 9.59 Å². The Balaban J connectivity index is 1.26. The van der Waals surface area contributed by atoms with E-state index in [0.29, 0.717) is 12.5 Å². The lowest BCUT2D eigenvalue weighted by Crippen LogP contribution is -2.51. The molecular formula is C20H33N3O2. The lowest BCUT2D eigenvalue weighted by molar-refractivity contribution is -0.136. The number of carbonyl (C=O) groups is 2. The number of likely N-dealkylation sites (N-methyl/N-ethyl adjacent to an activating group) is 1. The maximum absolute atomic E-state index is 12.5. The molecule has 4 bridgehead atoms. The van der Waals surface area contributed by atoms with Gasteiger partial charge >= 0.3 is 0 Å². The average molecular weight is 348 g/mol. The molecule has 25 heavy (non-hydrogen) atoms. The largest absolute Gasteiger partial charge is 0.347 e. The summed E-state index contributed by atoms with van der Waals surface area (Å²) >= 11 is 0. The molecule has 140 valence electrons. The lowest BCUT2D eigenvalue weighted by Gasteiger charge is -2.56. The third kappa shape index (κ3) is 3.71. The normalized spacial score (nSPS) is 39.5. The van der Waals surface area contributed by atoms with Crippen LogP contribution >= 0.6 is 0 Å². The van der Waals surface area contributed by atoms with Crippen LogP contribution in [0, 0.1) is 23.2 Å². The van der Waals surface area contributed by atoms with Gasteiger partial charge in [0.2, 0.25) is 11.8 Å². The van der Waals surface area contributed by atoms with Gasteiger partial charge in [-0.05, 0) is 81.6 Å². The van der Waals surface area contributed by atoms with Gasteiger partial charge in [-0.25, -0.2) is 0 Å². The summed E-state index contributed by atoms with van der Waals surface area (Å²) in [7, 11) is 1.95. The molecule has 1 atom stereocenters. The van der Waals surface area contributed by atoms with E-state index in [1.807, 2.05) is 11.9 Å². The van der Waals surface area contributed by atoms with Crippen molar-refractivity contribution >= 4 is 11.8 Å². The van der Waals surface area contributed by atoms with Gasteiger partial charge in [0.15, 0.2) is 0 Å². The number of hydrogen-bond acceptors (Lipinski definition) is 3. The summed E-state index contributed by atoms with van der Waals surface area (Å²) in [5.74, 6) is 2.77. The smallest absolute Gasteiger partial charge is 0.242 e. The first-order valence-corrected chi connectivity index (χ1v) is 10.3. The quantitative estimate of drug-likeness (QED) is 0.799. The maximum atomic E-state index is 12.5. The second-order valence-corrected chi connectivity index (χ2v) is 9.34. The predicted molar refractivity (Wildman–Crippen MR) is 96.9 cm³/mol. The Hall–Kier alpha value is -1.10. The van der Waals surface area contributed by atoms with Gasteiger partial charge in [0.05, 0.1) is 6.54 Å². The van der Waals surface area contributed by atoms with Gasteiger partial charge in [-0.3, -0.25) is 9.59 Å². The van der Waals surface area contributed by atoms with Crippen LogP contribution in [0.15, 0.2) is 0 Å². The van der Waals surface area contributed by atoms with E-state index in [4.69, 9.17) is 0 Å². The number of nitrogens with one attached hydrogen (secondary N) is 2. The Morgan fingerprint density at radius 1 is 1.08 bits per heavy atom. The molecule has 5 heteroatoms. The minimum absolute atomic E-state index is 0.0683. The van der Waals surface area contributed by atoms with Crippen molar-refractivity contribution in [2.24, 2.45) is 23.2 Å². The highest BCUT2D eigenvalue weighted by molar-refractivity contribution is 5.85. The van der Waals surface area contributed by atoms with Gasteiger partial charge in [0.1, 0.15) is 0 Å². The minimum atomic E-state index is 0.0683. The van der Waals surface area contributed by atoms with E-state index in [1.165, 1.54) is 38.5 Å². The van der Waals surface area contributed by atoms with E-state index in [-0.39, 0.29) is 23.8 Å². The second-order valence-electron chi connectivity index (χ2n) is 9.34. The standard InChI is InChI=1S/C20H33N3O2/c1-21-17-3-2-4-23(13-17)19(25)12-22-18(24)11-20-8-14-5-15(9-20)7-16(6-14)10-20/h14-17,21H,2-13H2,1H3,(H,22,24). The number of nitrogens with zero attached hydrogens (tertiary/aromatic N) is 1. The zero-order valence-corrected chi connectivity index (χ0v) is 15.6. The van der Waals surface area contributed by atoms with Crippen LogP contribution in [0.4, 0.5) is 0 Å². The summed E-state index contributed by atoms with van der Waals surface area (Å²) < 4.78 is 0. The second kappa shape index (κ2) is 6.90. The first kappa shape index (κ1) is 17.3. The Morgan fingerprint density at radius 3 is 2.32 bits per heavy atom. The molecule has 1 heterocycles. The predicted octanol–water partition coefficient (Wildman–Crippen LogP) is 1.92. The number of hydrogen-bond donors (Lipinski definition) is 2. The van der Waals surface area contributed by atoms with E-state index in [9.17, 15) is 9.59 Å². The van der Waals surface area contributed by atoms with Crippen molar-refractivity contribution in [2.45, 2.75) is 63.8 Å². The molecule has 0 aromatic carbocycles. The van der Waals surface area contributed by atoms with Gasteiger partial charge in [0, 0.05) is 25.6 Å². The molecule has 5 aliphatic rings. The van der Waals surface area contributed by atoms with Crippen molar-refractivity contribution in [1.82, 2.24) is 15.5 Å². The maximum Gasteiger partial charge on any atom is 0.242 e. The Kier molecular flexibility index (Phi) is 4.78. The fourth-order valence-electron chi connectivity index (χ4n) is 6.63. The molecule has 0 spiro atoms. The molecule has 2 N–H and O–H groups in total. The monoisotopic (exact) mass is 347 g/mol. The first-order valence-electron chi connectivity index (χ1n) is 10.3. The van der Waals surface area contributed by atoms with Crippen LogP contribution in [0.2, 0.25) is 0 Å². The highest BCUT2D eigenvalue weighted by Crippen LogP contribution is 2.61. The molecule has 2 amide bonds. The van der Waals surface area contributed by atoms with E-state index in [2.05, 4.69) is 10.6 Å². The molecular weight excluding hydrogens is 314 g/mol. The zero-order chi connectivity index (χ0) is 17.4. The van der Waals surface area contributed by atoms with Gasteiger partial charge in [-0.1, -0.05) is 0 Å². The summed E-state index contributed by atoms with van der Waals surface area (Å²) in [5, 5.41) is 6.19. The molecule has 0 aromatic heterocycles. The number of likely N-dealkylation sites (tertiary alicyclic amines) is 1. The summed E-state index contributed by atoms with van der Waals surface area (Å²) in [4.78, 5) is 26.9. The molecule has 4 aliphatic carbocycles. The van der Waals surface area contributed by atoms with Crippen molar-refractivity contribution < 1.29 is 9.59 Å².